The van der Waals surface area contributed by atoms with Gasteiger partial charge in [0.1, 0.15) is 0 Å². The van der Waals surface area contributed by atoms with Gasteiger partial charge in [-0.2, -0.15) is 5.10 Å². The zero-order chi connectivity index (χ0) is 26.2. The Morgan fingerprint density at radius 1 is 1.00 bits per heavy atom. The van der Waals surface area contributed by atoms with Crippen LogP contribution in [0.1, 0.15) is 25.0 Å². The number of nitrogens with zero attached hydrogens (tertiary/aromatic N) is 5. The Hall–Kier alpha value is -4.30. The van der Waals surface area contributed by atoms with Gasteiger partial charge in [0, 0.05) is 53.1 Å². The minimum absolute atomic E-state index is 0.0504. The van der Waals surface area contributed by atoms with Crippen molar-refractivity contribution in [2.45, 2.75) is 26.2 Å². The Bertz CT molecular complexity index is 1590. The summed E-state index contributed by atoms with van der Waals surface area (Å²) in [6.45, 7) is 6.47. The van der Waals surface area contributed by atoms with Crippen LogP contribution < -0.4 is 9.70 Å². The first-order valence-corrected chi connectivity index (χ1v) is 12.8. The molecule has 37 heavy (non-hydrogen) atoms. The largest absolute Gasteiger partial charge is 0.347 e. The van der Waals surface area contributed by atoms with E-state index in [4.69, 9.17) is 10.1 Å². The second-order valence-corrected chi connectivity index (χ2v) is 10.3. The molecule has 0 saturated carbocycles. The smallest absolute Gasteiger partial charge is 0.269 e. The first-order chi connectivity index (χ1) is 17.8. The number of nitro groups is 1. The number of rotatable bonds is 5. The molecule has 0 N–H and O–H groups in total. The molecular weight excluding hydrogens is 482 g/mol. The van der Waals surface area contributed by atoms with Crippen LogP contribution in [0.5, 0.6) is 0 Å². The highest BCUT2D eigenvalue weighted by molar-refractivity contribution is 7.07. The number of hydrogen-bond acceptors (Lipinski definition) is 6. The van der Waals surface area contributed by atoms with E-state index in [9.17, 15) is 10.1 Å². The molecule has 7 nitrogen and oxygen atoms in total. The summed E-state index contributed by atoms with van der Waals surface area (Å²) in [4.78, 5) is 18.5. The number of aromatic nitrogens is 1. The molecule has 0 atom stereocenters. The minimum Gasteiger partial charge on any atom is -0.347 e. The highest BCUT2D eigenvalue weighted by atomic mass is 32.1. The number of anilines is 1. The number of fused-ring (bicyclic) bond motifs is 1. The van der Waals surface area contributed by atoms with Gasteiger partial charge in [-0.15, -0.1) is 11.3 Å². The zero-order valence-corrected chi connectivity index (χ0v) is 21.9. The van der Waals surface area contributed by atoms with Crippen LogP contribution in [0.3, 0.4) is 0 Å². The molecule has 186 valence electrons. The number of aryl methyl sites for hydroxylation is 1. The molecule has 3 aromatic carbocycles. The third kappa shape index (κ3) is 4.63. The number of thiazole rings is 1. The van der Waals surface area contributed by atoms with Crippen molar-refractivity contribution in [1.29, 1.82) is 0 Å². The van der Waals surface area contributed by atoms with Crippen LogP contribution in [0, 0.1) is 17.0 Å². The van der Waals surface area contributed by atoms with E-state index in [1.807, 2.05) is 42.6 Å². The molecule has 0 saturated heterocycles. The lowest BCUT2D eigenvalue weighted by atomic mass is 9.84. The van der Waals surface area contributed by atoms with Gasteiger partial charge in [-0.3, -0.25) is 10.1 Å². The van der Waals surface area contributed by atoms with Crippen LogP contribution in [0.4, 0.5) is 17.1 Å². The number of para-hydroxylation sites is 1. The van der Waals surface area contributed by atoms with E-state index in [2.05, 4.69) is 50.1 Å². The molecule has 0 spiro atoms. The zero-order valence-electron chi connectivity index (χ0n) is 21.1. The van der Waals surface area contributed by atoms with E-state index in [1.54, 1.807) is 23.0 Å². The second kappa shape index (κ2) is 9.63. The summed E-state index contributed by atoms with van der Waals surface area (Å²) in [5.74, 6) is 0. The first kappa shape index (κ1) is 24.4. The second-order valence-electron chi connectivity index (χ2n) is 9.48. The van der Waals surface area contributed by atoms with E-state index >= 15 is 0 Å². The van der Waals surface area contributed by atoms with Crippen LogP contribution in [0.2, 0.25) is 0 Å². The third-order valence-corrected chi connectivity index (χ3v) is 7.49. The number of nitro benzene ring substituents is 1. The number of hydrogen-bond donors (Lipinski definition) is 0. The first-order valence-electron chi connectivity index (χ1n) is 11.9. The topological polar surface area (TPSA) is 76.0 Å². The van der Waals surface area contributed by atoms with Crippen LogP contribution in [-0.2, 0) is 5.41 Å². The summed E-state index contributed by atoms with van der Waals surface area (Å²) in [6, 6.07) is 22.9. The van der Waals surface area contributed by atoms with Crippen molar-refractivity contribution in [2.75, 3.05) is 11.9 Å². The highest BCUT2D eigenvalue weighted by Crippen LogP contribution is 2.46. The third-order valence-electron chi connectivity index (χ3n) is 6.67. The molecular formula is C29H27N5O2S. The van der Waals surface area contributed by atoms with Crippen molar-refractivity contribution in [3.05, 3.63) is 116 Å². The predicted molar refractivity (Wildman–Crippen MR) is 151 cm³/mol. The van der Waals surface area contributed by atoms with Gasteiger partial charge in [0.2, 0.25) is 4.80 Å². The van der Waals surface area contributed by atoms with Crippen molar-refractivity contribution < 1.29 is 4.92 Å². The van der Waals surface area contributed by atoms with Gasteiger partial charge >= 0.3 is 0 Å². The minimum atomic E-state index is -0.397. The molecule has 4 aromatic rings. The number of likely N-dealkylation sites (N-methyl/N-ethyl adjacent to an activating group) is 1. The molecule has 0 bridgehead atoms. The van der Waals surface area contributed by atoms with E-state index in [1.165, 1.54) is 40.3 Å². The average molecular weight is 510 g/mol. The van der Waals surface area contributed by atoms with Crippen LogP contribution >= 0.6 is 11.3 Å². The van der Waals surface area contributed by atoms with Crippen molar-refractivity contribution in [2.24, 2.45) is 10.1 Å². The summed E-state index contributed by atoms with van der Waals surface area (Å²) in [5.41, 5.74) is 7.13. The fourth-order valence-corrected chi connectivity index (χ4v) is 5.50. The van der Waals surface area contributed by atoms with Crippen molar-refractivity contribution in [3.63, 3.8) is 0 Å². The van der Waals surface area contributed by atoms with E-state index in [0.717, 1.165) is 22.6 Å². The maximum Gasteiger partial charge on any atom is 0.269 e. The van der Waals surface area contributed by atoms with E-state index in [-0.39, 0.29) is 11.1 Å². The standard InChI is InChI=1S/C29H27N5O2S/c1-20-9-13-22(14-10-20)31-28-33(26(19-37-28)21-11-15-23(16-12-21)34(35)36)30-18-17-27-29(2,3)24-7-5-6-8-25(24)32(27)4/h5-19H,1-4H3. The van der Waals surface area contributed by atoms with Crippen LogP contribution in [0.15, 0.2) is 100 Å². The average Bonchev–Trinajstić information content (AvgIpc) is 3.37. The quantitative estimate of drug-likeness (QED) is 0.168. The van der Waals surface area contributed by atoms with Crippen LogP contribution in [-0.4, -0.2) is 22.9 Å². The lowest BCUT2D eigenvalue weighted by Crippen LogP contribution is -2.23. The Balaban J connectivity index is 1.58. The fraction of sp³-hybridized carbons (Fsp3) is 0.172. The number of benzene rings is 3. The van der Waals surface area contributed by atoms with Crippen molar-refractivity contribution in [1.82, 2.24) is 4.68 Å². The normalized spacial score (nSPS) is 16.1. The summed E-state index contributed by atoms with van der Waals surface area (Å²) in [5, 5.41) is 17.9. The molecule has 8 heteroatoms. The number of allylic oxidation sites excluding steroid dienone is 2. The SMILES string of the molecule is Cc1ccc(N=c2scc(-c3ccc([N+](=O)[O-])cc3)n2N=CC=C2N(C)c3ccccc3C2(C)C)cc1. The molecule has 1 aromatic heterocycles. The van der Waals surface area contributed by atoms with Crippen LogP contribution in [0.25, 0.3) is 11.3 Å². The molecule has 2 heterocycles. The lowest BCUT2D eigenvalue weighted by molar-refractivity contribution is -0.384. The Kier molecular flexibility index (Phi) is 6.35. The van der Waals surface area contributed by atoms with Gasteiger partial charge in [-0.25, -0.2) is 9.67 Å². The van der Waals surface area contributed by atoms with Crippen molar-refractivity contribution in [3.8, 4) is 11.3 Å². The summed E-state index contributed by atoms with van der Waals surface area (Å²) < 4.78 is 1.79. The summed E-state index contributed by atoms with van der Waals surface area (Å²) in [7, 11) is 2.07. The molecule has 0 amide bonds. The Morgan fingerprint density at radius 2 is 1.70 bits per heavy atom. The molecule has 1 aliphatic rings. The van der Waals surface area contributed by atoms with E-state index < -0.39 is 4.92 Å². The number of non-ortho nitro benzene ring substituents is 1. The predicted octanol–water partition coefficient (Wildman–Crippen LogP) is 6.81. The maximum absolute atomic E-state index is 11.1. The Labute approximate surface area is 219 Å². The molecule has 0 unspecified atom stereocenters. The molecule has 0 radical (unpaired) electrons. The fourth-order valence-electron chi connectivity index (χ4n) is 4.64. The van der Waals surface area contributed by atoms with Gasteiger partial charge in [0.25, 0.3) is 5.69 Å². The van der Waals surface area contributed by atoms with Gasteiger partial charge < -0.3 is 4.90 Å². The summed E-state index contributed by atoms with van der Waals surface area (Å²) >= 11 is 1.47. The lowest BCUT2D eigenvalue weighted by Gasteiger charge is -2.23. The van der Waals surface area contributed by atoms with E-state index in [0.29, 0.717) is 4.80 Å². The van der Waals surface area contributed by atoms with Gasteiger partial charge in [0.15, 0.2) is 0 Å². The molecule has 0 aliphatic carbocycles. The molecule has 0 fully saturated rings. The van der Waals surface area contributed by atoms with Gasteiger partial charge in [0.05, 0.1) is 16.3 Å². The van der Waals surface area contributed by atoms with Crippen molar-refractivity contribution >= 4 is 34.6 Å². The molecule has 5 rings (SSSR count). The maximum atomic E-state index is 11.1. The monoisotopic (exact) mass is 509 g/mol. The Morgan fingerprint density at radius 3 is 2.38 bits per heavy atom. The van der Waals surface area contributed by atoms with Gasteiger partial charge in [-0.1, -0.05) is 49.7 Å². The highest BCUT2D eigenvalue weighted by Gasteiger charge is 2.37. The summed E-state index contributed by atoms with van der Waals surface area (Å²) in [6.07, 6.45) is 3.84. The van der Waals surface area contributed by atoms with Gasteiger partial charge in [-0.05, 0) is 48.9 Å². The molecule has 1 aliphatic heterocycles.